The molecule has 1 aromatic carbocycles. The van der Waals surface area contributed by atoms with Gasteiger partial charge in [-0.15, -0.1) is 10.2 Å². The molecule has 0 saturated heterocycles. The standard InChI is InChI=1S/C21H18N4O3S/c1-13-7-8-15(11-14(13)2)22-18(26)12-29-21-23-19(16-5-3-9-27-16)20(24-25-21)17-6-4-10-28-17/h3-11H,12H2,1-2H3,(H,22,26). The summed E-state index contributed by atoms with van der Waals surface area (Å²) < 4.78 is 10.9. The molecule has 0 aliphatic heterocycles. The SMILES string of the molecule is Cc1ccc(NC(=O)CSc2nnc(-c3ccco3)c(-c3ccco3)n2)cc1C. The van der Waals surface area contributed by atoms with Gasteiger partial charge in [-0.2, -0.15) is 0 Å². The summed E-state index contributed by atoms with van der Waals surface area (Å²) in [6.45, 7) is 4.04. The molecule has 0 atom stereocenters. The minimum absolute atomic E-state index is 0.142. The molecule has 3 aromatic heterocycles. The number of nitrogens with zero attached hydrogens (tertiary/aromatic N) is 3. The van der Waals surface area contributed by atoms with Crippen LogP contribution in [0.4, 0.5) is 5.69 Å². The van der Waals surface area contributed by atoms with Crippen molar-refractivity contribution < 1.29 is 13.6 Å². The fourth-order valence-corrected chi connectivity index (χ4v) is 3.27. The highest BCUT2D eigenvalue weighted by atomic mass is 32.2. The Balaban J connectivity index is 1.49. The summed E-state index contributed by atoms with van der Waals surface area (Å²) in [6.07, 6.45) is 3.12. The van der Waals surface area contributed by atoms with E-state index in [0.717, 1.165) is 11.3 Å². The Labute approximate surface area is 171 Å². The van der Waals surface area contributed by atoms with E-state index in [1.165, 1.54) is 17.3 Å². The molecular formula is C21H18N4O3S. The molecule has 0 spiro atoms. The smallest absolute Gasteiger partial charge is 0.234 e. The molecule has 8 heteroatoms. The molecular weight excluding hydrogens is 388 g/mol. The van der Waals surface area contributed by atoms with Crippen molar-refractivity contribution in [3.8, 4) is 22.9 Å². The number of hydrogen-bond acceptors (Lipinski definition) is 7. The monoisotopic (exact) mass is 406 g/mol. The highest BCUT2D eigenvalue weighted by molar-refractivity contribution is 7.99. The summed E-state index contributed by atoms with van der Waals surface area (Å²) in [4.78, 5) is 16.8. The van der Waals surface area contributed by atoms with Gasteiger partial charge in [-0.05, 0) is 61.4 Å². The summed E-state index contributed by atoms with van der Waals surface area (Å²) in [6, 6.07) is 12.9. The molecule has 0 radical (unpaired) electrons. The van der Waals surface area contributed by atoms with Crippen LogP contribution in [0.2, 0.25) is 0 Å². The van der Waals surface area contributed by atoms with Crippen LogP contribution in [0.5, 0.6) is 0 Å². The van der Waals surface area contributed by atoms with Gasteiger partial charge in [0.1, 0.15) is 5.69 Å². The van der Waals surface area contributed by atoms with Gasteiger partial charge in [-0.1, -0.05) is 17.8 Å². The van der Waals surface area contributed by atoms with Crippen LogP contribution in [0, 0.1) is 13.8 Å². The lowest BCUT2D eigenvalue weighted by Gasteiger charge is -2.08. The van der Waals surface area contributed by atoms with E-state index in [-0.39, 0.29) is 11.7 Å². The fourth-order valence-electron chi connectivity index (χ4n) is 2.68. The topological polar surface area (TPSA) is 94.1 Å². The summed E-state index contributed by atoms with van der Waals surface area (Å²) in [5.74, 6) is 1.11. The molecule has 0 saturated carbocycles. The molecule has 0 fully saturated rings. The van der Waals surface area contributed by atoms with Crippen LogP contribution in [0.15, 0.2) is 69.0 Å². The minimum Gasteiger partial charge on any atom is -0.463 e. The second-order valence-electron chi connectivity index (χ2n) is 6.38. The van der Waals surface area contributed by atoms with Crippen LogP contribution in [0.1, 0.15) is 11.1 Å². The maximum atomic E-state index is 12.3. The van der Waals surface area contributed by atoms with Crippen LogP contribution >= 0.6 is 11.8 Å². The van der Waals surface area contributed by atoms with Gasteiger partial charge < -0.3 is 14.2 Å². The number of benzene rings is 1. The number of carbonyl (C=O) groups excluding carboxylic acids is 1. The summed E-state index contributed by atoms with van der Waals surface area (Å²) >= 11 is 1.20. The van der Waals surface area contributed by atoms with Crippen molar-refractivity contribution in [3.63, 3.8) is 0 Å². The molecule has 3 heterocycles. The second-order valence-corrected chi connectivity index (χ2v) is 7.32. The second kappa shape index (κ2) is 8.32. The van der Waals surface area contributed by atoms with Crippen LogP contribution in [-0.2, 0) is 4.79 Å². The van der Waals surface area contributed by atoms with E-state index in [1.54, 1.807) is 36.8 Å². The number of furan rings is 2. The summed E-state index contributed by atoms with van der Waals surface area (Å²) in [5.41, 5.74) is 4.06. The molecule has 7 nitrogen and oxygen atoms in total. The molecule has 0 bridgehead atoms. The summed E-state index contributed by atoms with van der Waals surface area (Å²) in [7, 11) is 0. The highest BCUT2D eigenvalue weighted by Gasteiger charge is 2.18. The number of thioether (sulfide) groups is 1. The van der Waals surface area contributed by atoms with Crippen LogP contribution < -0.4 is 5.32 Å². The molecule has 0 unspecified atom stereocenters. The first-order valence-electron chi connectivity index (χ1n) is 8.92. The minimum atomic E-state index is -0.142. The molecule has 0 aliphatic carbocycles. The Morgan fingerprint density at radius 2 is 1.69 bits per heavy atom. The number of amides is 1. The van der Waals surface area contributed by atoms with Crippen molar-refractivity contribution in [2.45, 2.75) is 19.0 Å². The third-order valence-electron chi connectivity index (χ3n) is 4.30. The first-order chi connectivity index (χ1) is 14.1. The average Bonchev–Trinajstić information content (AvgIpc) is 3.43. The molecule has 1 amide bonds. The molecule has 29 heavy (non-hydrogen) atoms. The Hall–Kier alpha value is -3.39. The van der Waals surface area contributed by atoms with Crippen molar-refractivity contribution in [2.75, 3.05) is 11.1 Å². The lowest BCUT2D eigenvalue weighted by atomic mass is 10.1. The lowest BCUT2D eigenvalue weighted by Crippen LogP contribution is -2.14. The van der Waals surface area contributed by atoms with E-state index in [9.17, 15) is 4.79 Å². The lowest BCUT2D eigenvalue weighted by molar-refractivity contribution is -0.113. The van der Waals surface area contributed by atoms with Crippen molar-refractivity contribution in [1.82, 2.24) is 15.2 Å². The molecule has 4 aromatic rings. The number of hydrogen-bond donors (Lipinski definition) is 1. The third kappa shape index (κ3) is 4.38. The van der Waals surface area contributed by atoms with Gasteiger partial charge in [-0.3, -0.25) is 4.79 Å². The number of rotatable bonds is 6. The van der Waals surface area contributed by atoms with Crippen LogP contribution in [0.25, 0.3) is 22.9 Å². The number of aryl methyl sites for hydroxylation is 2. The zero-order chi connectivity index (χ0) is 20.2. The van der Waals surface area contributed by atoms with Gasteiger partial charge in [0.15, 0.2) is 17.2 Å². The van der Waals surface area contributed by atoms with E-state index in [4.69, 9.17) is 8.83 Å². The number of aromatic nitrogens is 3. The van der Waals surface area contributed by atoms with Gasteiger partial charge in [0, 0.05) is 5.69 Å². The Morgan fingerprint density at radius 3 is 2.34 bits per heavy atom. The van der Waals surface area contributed by atoms with Crippen molar-refractivity contribution >= 4 is 23.4 Å². The van der Waals surface area contributed by atoms with Crippen molar-refractivity contribution in [3.05, 3.63) is 66.1 Å². The van der Waals surface area contributed by atoms with E-state index in [1.807, 2.05) is 32.0 Å². The van der Waals surface area contributed by atoms with E-state index < -0.39 is 0 Å². The maximum absolute atomic E-state index is 12.3. The number of carbonyl (C=O) groups is 1. The van der Waals surface area contributed by atoms with Gasteiger partial charge in [-0.25, -0.2) is 4.98 Å². The Kier molecular flexibility index (Phi) is 5.44. The molecule has 1 N–H and O–H groups in total. The number of nitrogens with one attached hydrogen (secondary N) is 1. The zero-order valence-corrected chi connectivity index (χ0v) is 16.7. The molecule has 146 valence electrons. The van der Waals surface area contributed by atoms with Crippen LogP contribution in [-0.4, -0.2) is 26.8 Å². The average molecular weight is 406 g/mol. The normalized spacial score (nSPS) is 10.8. The Morgan fingerprint density at radius 1 is 0.966 bits per heavy atom. The third-order valence-corrected chi connectivity index (χ3v) is 5.14. The van der Waals surface area contributed by atoms with Crippen molar-refractivity contribution in [2.24, 2.45) is 0 Å². The zero-order valence-electron chi connectivity index (χ0n) is 15.9. The van der Waals surface area contributed by atoms with Gasteiger partial charge in [0.05, 0.1) is 18.3 Å². The van der Waals surface area contributed by atoms with E-state index >= 15 is 0 Å². The highest BCUT2D eigenvalue weighted by Crippen LogP contribution is 2.30. The number of anilines is 1. The predicted molar refractivity (Wildman–Crippen MR) is 111 cm³/mol. The predicted octanol–water partition coefficient (Wildman–Crippen LogP) is 4.74. The quantitative estimate of drug-likeness (QED) is 0.462. The largest absolute Gasteiger partial charge is 0.463 e. The van der Waals surface area contributed by atoms with Crippen molar-refractivity contribution in [1.29, 1.82) is 0 Å². The van der Waals surface area contributed by atoms with E-state index in [0.29, 0.717) is 28.1 Å². The van der Waals surface area contributed by atoms with Crippen LogP contribution in [0.3, 0.4) is 0 Å². The maximum Gasteiger partial charge on any atom is 0.234 e. The van der Waals surface area contributed by atoms with E-state index in [2.05, 4.69) is 20.5 Å². The first kappa shape index (κ1) is 18.9. The molecule has 4 rings (SSSR count). The molecule has 0 aliphatic rings. The Bertz CT molecular complexity index is 1130. The first-order valence-corrected chi connectivity index (χ1v) is 9.91. The fraction of sp³-hybridized carbons (Fsp3) is 0.143. The van der Waals surface area contributed by atoms with Gasteiger partial charge >= 0.3 is 0 Å². The van der Waals surface area contributed by atoms with Gasteiger partial charge in [0.25, 0.3) is 0 Å². The summed E-state index contributed by atoms with van der Waals surface area (Å²) in [5, 5.41) is 11.6. The van der Waals surface area contributed by atoms with Gasteiger partial charge in [0.2, 0.25) is 11.1 Å².